The van der Waals surface area contributed by atoms with Crippen LogP contribution in [0.25, 0.3) is 0 Å². The van der Waals surface area contributed by atoms with E-state index in [-0.39, 0.29) is 0 Å². The van der Waals surface area contributed by atoms with Crippen molar-refractivity contribution in [3.63, 3.8) is 0 Å². The monoisotopic (exact) mass is 693 g/mol. The van der Waals surface area contributed by atoms with Crippen molar-refractivity contribution in [3.8, 4) is 0 Å². The Morgan fingerprint density at radius 2 is 1.02 bits per heavy atom. The minimum Gasteiger partial charge on any atom is -0.313 e. The number of benzene rings is 2. The molecule has 0 heterocycles. The quantitative estimate of drug-likeness (QED) is 0.217. The Morgan fingerprint density at radius 3 is 1.44 bits per heavy atom. The van der Waals surface area contributed by atoms with Gasteiger partial charge in [-0.3, -0.25) is 0 Å². The molecule has 2 atom stereocenters. The van der Waals surface area contributed by atoms with Gasteiger partial charge in [0.05, 0.1) is 0 Å². The van der Waals surface area contributed by atoms with E-state index in [1.807, 2.05) is 27.2 Å². The molecule has 0 aromatic heterocycles. The summed E-state index contributed by atoms with van der Waals surface area (Å²) in [5, 5.41) is 8.11. The molecule has 282 valence electrons. The molecule has 0 amide bonds. The highest BCUT2D eigenvalue weighted by atomic mass is 16.1. The molecule has 0 saturated heterocycles. The Kier molecular flexibility index (Phi) is 25.2. The van der Waals surface area contributed by atoms with Crippen molar-refractivity contribution in [1.29, 1.82) is 0 Å². The van der Waals surface area contributed by atoms with E-state index in [1.54, 1.807) is 11.1 Å². The summed E-state index contributed by atoms with van der Waals surface area (Å²) in [6.45, 7) is 27.5. The summed E-state index contributed by atoms with van der Waals surface area (Å²) in [4.78, 5) is 32.0. The molecule has 2 saturated carbocycles. The molecule has 2 aromatic carbocycles. The fourth-order valence-electron chi connectivity index (χ4n) is 8.89. The van der Waals surface area contributed by atoms with E-state index >= 15 is 0 Å². The first kappa shape index (κ1) is 47.0. The van der Waals surface area contributed by atoms with Crippen molar-refractivity contribution in [2.45, 2.75) is 163 Å². The lowest BCUT2D eigenvalue weighted by molar-refractivity contribution is -0.0987. The molecule has 2 aromatic rings. The fourth-order valence-corrected chi connectivity index (χ4v) is 8.89. The smallest absolute Gasteiger partial charge is 0.106 e. The Balaban J connectivity index is 0.00000280. The molecule has 2 aliphatic carbocycles. The first-order valence-corrected chi connectivity index (χ1v) is 19.0. The summed E-state index contributed by atoms with van der Waals surface area (Å²) in [7, 11) is 0. The number of hydrogen-bond acceptors (Lipinski definition) is 6. The van der Waals surface area contributed by atoms with Gasteiger partial charge < -0.3 is 29.8 Å². The first-order valence-electron chi connectivity index (χ1n) is 19.0. The first-order chi connectivity index (χ1) is 24.2. The highest BCUT2D eigenvalue weighted by Crippen LogP contribution is 2.36. The SMILES string of the molecule is C=O.C=O.C=O.C=O.CCC(CCc1c(C)cc(C)cc1C)NC1CCC(CC2CCC(NCC(CC)c3c(C)cc(C)cc3C)CC2)CC1. The van der Waals surface area contributed by atoms with Crippen LogP contribution in [-0.4, -0.2) is 51.8 Å². The van der Waals surface area contributed by atoms with Crippen molar-refractivity contribution >= 4 is 27.2 Å². The minimum atomic E-state index is 0.635. The van der Waals surface area contributed by atoms with Gasteiger partial charge in [0, 0.05) is 24.7 Å². The number of hydrogen-bond donors (Lipinski definition) is 2. The second-order valence-corrected chi connectivity index (χ2v) is 14.7. The standard InChI is InChI=1S/C40H64N2.4CH2O/c1-9-35(40-31(7)23-28(4)24-32(40)8)26-41-37-15-11-33(12-16-37)25-34-13-17-38(18-14-34)42-36(10-2)19-20-39-29(5)21-27(3)22-30(39)6;4*1-2/h21-24,33-38,41-42H,9-20,25-26H2,1-8H3;4*1H2. The molecule has 0 bridgehead atoms. The predicted octanol–water partition coefficient (Wildman–Crippen LogP) is 9.39. The van der Waals surface area contributed by atoms with E-state index < -0.39 is 0 Å². The van der Waals surface area contributed by atoms with Crippen molar-refractivity contribution in [1.82, 2.24) is 10.6 Å². The number of aryl methyl sites for hydroxylation is 6. The summed E-state index contributed by atoms with van der Waals surface area (Å²) in [5.74, 6) is 2.56. The summed E-state index contributed by atoms with van der Waals surface area (Å²) >= 11 is 0. The van der Waals surface area contributed by atoms with Gasteiger partial charge >= 0.3 is 0 Å². The largest absolute Gasteiger partial charge is 0.313 e. The Morgan fingerprint density at radius 1 is 0.600 bits per heavy atom. The lowest BCUT2D eigenvalue weighted by Gasteiger charge is -2.36. The highest BCUT2D eigenvalue weighted by molar-refractivity contribution is 5.40. The average Bonchev–Trinajstić information content (AvgIpc) is 3.13. The second-order valence-electron chi connectivity index (χ2n) is 14.7. The number of carbonyl (C=O) groups is 4. The molecule has 2 unspecified atom stereocenters. The highest BCUT2D eigenvalue weighted by Gasteiger charge is 2.28. The molecule has 50 heavy (non-hydrogen) atoms. The average molecular weight is 693 g/mol. The third-order valence-corrected chi connectivity index (χ3v) is 11.2. The van der Waals surface area contributed by atoms with E-state index in [0.29, 0.717) is 12.0 Å². The zero-order valence-corrected chi connectivity index (χ0v) is 33.1. The lowest BCUT2D eigenvalue weighted by atomic mass is 9.75. The van der Waals surface area contributed by atoms with E-state index in [4.69, 9.17) is 19.2 Å². The van der Waals surface area contributed by atoms with Gasteiger partial charge in [-0.05, 0) is 176 Å². The molecule has 2 aliphatic rings. The topological polar surface area (TPSA) is 92.3 Å². The van der Waals surface area contributed by atoms with Crippen LogP contribution < -0.4 is 10.6 Å². The van der Waals surface area contributed by atoms with Crippen molar-refractivity contribution in [2.24, 2.45) is 11.8 Å². The van der Waals surface area contributed by atoms with Gasteiger partial charge in [-0.15, -0.1) is 0 Å². The third-order valence-electron chi connectivity index (χ3n) is 11.2. The molecule has 2 N–H and O–H groups in total. The molecule has 6 heteroatoms. The third kappa shape index (κ3) is 15.5. The number of nitrogens with one attached hydrogen (secondary N) is 2. The van der Waals surface area contributed by atoms with Crippen LogP contribution in [-0.2, 0) is 25.6 Å². The Bertz CT molecular complexity index is 1150. The summed E-state index contributed by atoms with van der Waals surface area (Å²) in [6.07, 6.45) is 17.7. The molecule has 4 rings (SSSR count). The van der Waals surface area contributed by atoms with Gasteiger partial charge in [0.1, 0.15) is 27.2 Å². The van der Waals surface area contributed by atoms with Gasteiger partial charge in [0.15, 0.2) is 0 Å². The summed E-state index contributed by atoms with van der Waals surface area (Å²) < 4.78 is 0. The maximum atomic E-state index is 8.00. The van der Waals surface area contributed by atoms with Crippen LogP contribution in [0.1, 0.15) is 141 Å². The van der Waals surface area contributed by atoms with Crippen LogP contribution in [0.4, 0.5) is 0 Å². The van der Waals surface area contributed by atoms with E-state index in [2.05, 4.69) is 90.3 Å². The molecular formula is C44H72N2O4. The van der Waals surface area contributed by atoms with E-state index in [0.717, 1.165) is 30.5 Å². The van der Waals surface area contributed by atoms with Crippen LogP contribution in [0.5, 0.6) is 0 Å². The summed E-state index contributed by atoms with van der Waals surface area (Å²) in [5.41, 5.74) is 11.9. The zero-order valence-electron chi connectivity index (χ0n) is 33.1. The molecule has 2 fully saturated rings. The minimum absolute atomic E-state index is 0.635. The maximum Gasteiger partial charge on any atom is 0.106 e. The van der Waals surface area contributed by atoms with Crippen LogP contribution >= 0.6 is 0 Å². The van der Waals surface area contributed by atoms with E-state index in [9.17, 15) is 0 Å². The molecule has 6 nitrogen and oxygen atoms in total. The van der Waals surface area contributed by atoms with E-state index in [1.165, 1.54) is 117 Å². The number of rotatable bonds is 13. The van der Waals surface area contributed by atoms with Gasteiger partial charge in [-0.25, -0.2) is 0 Å². The molecular weight excluding hydrogens is 620 g/mol. The van der Waals surface area contributed by atoms with Crippen molar-refractivity contribution in [2.75, 3.05) is 6.54 Å². The summed E-state index contributed by atoms with van der Waals surface area (Å²) in [6, 6.07) is 11.6. The Hall–Kier alpha value is -2.96. The number of carbonyl (C=O) groups excluding carboxylic acids is 4. The normalized spacial score (nSPS) is 20.9. The van der Waals surface area contributed by atoms with Gasteiger partial charge in [0.25, 0.3) is 0 Å². The van der Waals surface area contributed by atoms with Crippen LogP contribution in [0, 0.1) is 53.4 Å². The molecule has 0 aliphatic heterocycles. The van der Waals surface area contributed by atoms with Gasteiger partial charge in [-0.2, -0.15) is 0 Å². The maximum absolute atomic E-state index is 8.00. The molecule has 0 radical (unpaired) electrons. The second kappa shape index (κ2) is 26.8. The van der Waals surface area contributed by atoms with Crippen LogP contribution in [0.2, 0.25) is 0 Å². The van der Waals surface area contributed by atoms with Crippen molar-refractivity contribution < 1.29 is 19.2 Å². The van der Waals surface area contributed by atoms with Gasteiger partial charge in [0.2, 0.25) is 0 Å². The fraction of sp³-hybridized carbons (Fsp3) is 0.636. The predicted molar refractivity (Wildman–Crippen MR) is 212 cm³/mol. The molecule has 0 spiro atoms. The lowest BCUT2D eigenvalue weighted by Crippen LogP contribution is -2.41. The van der Waals surface area contributed by atoms with Crippen LogP contribution in [0.15, 0.2) is 24.3 Å². The van der Waals surface area contributed by atoms with Gasteiger partial charge in [-0.1, -0.05) is 49.2 Å². The Labute approximate surface area is 306 Å². The van der Waals surface area contributed by atoms with Crippen LogP contribution in [0.3, 0.4) is 0 Å². The van der Waals surface area contributed by atoms with Crippen molar-refractivity contribution in [3.05, 3.63) is 68.8 Å². The zero-order chi connectivity index (χ0) is 38.2.